The van der Waals surface area contributed by atoms with Crippen LogP contribution < -0.4 is 10.6 Å². The highest BCUT2D eigenvalue weighted by Gasteiger charge is 2.10. The molecule has 2 N–H and O–H groups in total. The van der Waals surface area contributed by atoms with Crippen LogP contribution in [0.2, 0.25) is 0 Å². The van der Waals surface area contributed by atoms with Gasteiger partial charge in [0, 0.05) is 13.1 Å². The van der Waals surface area contributed by atoms with E-state index in [-0.39, 0.29) is 0 Å². The van der Waals surface area contributed by atoms with Crippen molar-refractivity contribution in [2.45, 2.75) is 27.3 Å². The summed E-state index contributed by atoms with van der Waals surface area (Å²) >= 11 is 0. The molecule has 100 valence electrons. The fourth-order valence-electron chi connectivity index (χ4n) is 2.30. The first-order valence-electron chi connectivity index (χ1n) is 6.78. The van der Waals surface area contributed by atoms with Gasteiger partial charge in [0.15, 0.2) is 0 Å². The number of nitrogen functional groups attached to an aromatic ring is 1. The second kappa shape index (κ2) is 5.79. The maximum Gasteiger partial charge on any atom is 0.0605 e. The molecule has 0 bridgehead atoms. The Kier molecular flexibility index (Phi) is 4.10. The standard InChI is InChI=1S/C17H22N2/c1-4-19(12-15-10-6-5-8-13(15)2)16-11-7-9-14(3)17(16)18/h5-11H,4,12,18H2,1-3H3. The number of nitrogens with zero attached hydrogens (tertiary/aromatic N) is 1. The lowest BCUT2D eigenvalue weighted by molar-refractivity contribution is 0.828. The molecule has 0 heterocycles. The van der Waals surface area contributed by atoms with Gasteiger partial charge in [-0.05, 0) is 43.5 Å². The van der Waals surface area contributed by atoms with E-state index in [1.165, 1.54) is 11.1 Å². The highest BCUT2D eigenvalue weighted by atomic mass is 15.1. The monoisotopic (exact) mass is 254 g/mol. The predicted octanol–water partition coefficient (Wildman–Crippen LogP) is 3.91. The first-order chi connectivity index (χ1) is 9.13. The van der Waals surface area contributed by atoms with E-state index in [0.717, 1.165) is 30.0 Å². The highest BCUT2D eigenvalue weighted by Crippen LogP contribution is 2.27. The largest absolute Gasteiger partial charge is 0.397 e. The van der Waals surface area contributed by atoms with E-state index in [1.807, 2.05) is 0 Å². The van der Waals surface area contributed by atoms with Gasteiger partial charge in [0.1, 0.15) is 0 Å². The van der Waals surface area contributed by atoms with Gasteiger partial charge in [-0.25, -0.2) is 0 Å². The SMILES string of the molecule is CCN(Cc1ccccc1C)c1cccc(C)c1N. The Hall–Kier alpha value is -1.96. The molecule has 0 spiro atoms. The average molecular weight is 254 g/mol. The third kappa shape index (κ3) is 2.90. The van der Waals surface area contributed by atoms with Crippen LogP contribution in [0.3, 0.4) is 0 Å². The van der Waals surface area contributed by atoms with E-state index in [1.54, 1.807) is 0 Å². The molecule has 0 saturated heterocycles. The van der Waals surface area contributed by atoms with E-state index in [2.05, 4.69) is 68.1 Å². The number of hydrogen-bond acceptors (Lipinski definition) is 2. The first-order valence-corrected chi connectivity index (χ1v) is 6.78. The Morgan fingerprint density at radius 3 is 2.32 bits per heavy atom. The number of nitrogens with two attached hydrogens (primary N) is 1. The molecule has 0 unspecified atom stereocenters. The summed E-state index contributed by atoms with van der Waals surface area (Å²) in [5.41, 5.74) is 12.0. The summed E-state index contributed by atoms with van der Waals surface area (Å²) < 4.78 is 0. The molecule has 0 saturated carbocycles. The zero-order chi connectivity index (χ0) is 13.8. The van der Waals surface area contributed by atoms with E-state index >= 15 is 0 Å². The van der Waals surface area contributed by atoms with Gasteiger partial charge in [-0.15, -0.1) is 0 Å². The van der Waals surface area contributed by atoms with Crippen LogP contribution >= 0.6 is 0 Å². The van der Waals surface area contributed by atoms with Gasteiger partial charge in [-0.2, -0.15) is 0 Å². The minimum atomic E-state index is 0.887. The lowest BCUT2D eigenvalue weighted by Gasteiger charge is -2.26. The fourth-order valence-corrected chi connectivity index (χ4v) is 2.30. The van der Waals surface area contributed by atoms with Crippen LogP contribution in [-0.4, -0.2) is 6.54 Å². The normalized spacial score (nSPS) is 10.5. The van der Waals surface area contributed by atoms with E-state index < -0.39 is 0 Å². The molecule has 19 heavy (non-hydrogen) atoms. The van der Waals surface area contributed by atoms with Crippen LogP contribution in [0.5, 0.6) is 0 Å². The van der Waals surface area contributed by atoms with Crippen LogP contribution in [0.4, 0.5) is 11.4 Å². The number of rotatable bonds is 4. The number of aryl methyl sites for hydroxylation is 2. The zero-order valence-electron chi connectivity index (χ0n) is 12.0. The summed E-state index contributed by atoms with van der Waals surface area (Å²) in [6.07, 6.45) is 0. The molecule has 0 aliphatic heterocycles. The summed E-state index contributed by atoms with van der Waals surface area (Å²) in [5, 5.41) is 0. The summed E-state index contributed by atoms with van der Waals surface area (Å²) in [7, 11) is 0. The number of anilines is 2. The molecule has 2 rings (SSSR count). The zero-order valence-corrected chi connectivity index (χ0v) is 12.0. The molecule has 0 aromatic heterocycles. The topological polar surface area (TPSA) is 29.3 Å². The van der Waals surface area contributed by atoms with Crippen molar-refractivity contribution in [3.05, 3.63) is 59.2 Å². The smallest absolute Gasteiger partial charge is 0.0605 e. The van der Waals surface area contributed by atoms with E-state index in [0.29, 0.717) is 0 Å². The maximum absolute atomic E-state index is 6.21. The Bertz CT molecular complexity index is 561. The molecule has 0 aliphatic rings. The fraction of sp³-hybridized carbons (Fsp3) is 0.294. The second-order valence-corrected chi connectivity index (χ2v) is 4.95. The third-order valence-corrected chi connectivity index (χ3v) is 3.65. The molecule has 0 amide bonds. The molecular weight excluding hydrogens is 232 g/mol. The van der Waals surface area contributed by atoms with Crippen LogP contribution in [-0.2, 0) is 6.54 Å². The molecule has 0 atom stereocenters. The maximum atomic E-state index is 6.21. The summed E-state index contributed by atoms with van der Waals surface area (Å²) in [5.74, 6) is 0. The Balaban J connectivity index is 2.31. The highest BCUT2D eigenvalue weighted by molar-refractivity contribution is 5.71. The van der Waals surface area contributed by atoms with E-state index in [9.17, 15) is 0 Å². The Morgan fingerprint density at radius 1 is 0.947 bits per heavy atom. The summed E-state index contributed by atoms with van der Waals surface area (Å²) in [4.78, 5) is 2.32. The van der Waals surface area contributed by atoms with Crippen molar-refractivity contribution in [3.63, 3.8) is 0 Å². The van der Waals surface area contributed by atoms with Crippen molar-refractivity contribution < 1.29 is 0 Å². The van der Waals surface area contributed by atoms with Crippen molar-refractivity contribution in [2.75, 3.05) is 17.2 Å². The van der Waals surface area contributed by atoms with E-state index in [4.69, 9.17) is 5.73 Å². The third-order valence-electron chi connectivity index (χ3n) is 3.65. The minimum Gasteiger partial charge on any atom is -0.397 e. The van der Waals surface area contributed by atoms with Crippen LogP contribution in [0.1, 0.15) is 23.6 Å². The number of para-hydroxylation sites is 1. The van der Waals surface area contributed by atoms with Crippen LogP contribution in [0.15, 0.2) is 42.5 Å². The quantitative estimate of drug-likeness (QED) is 0.838. The molecule has 2 aromatic carbocycles. The molecule has 2 aromatic rings. The average Bonchev–Trinajstić information content (AvgIpc) is 2.41. The molecule has 0 radical (unpaired) electrons. The molecule has 0 aliphatic carbocycles. The van der Waals surface area contributed by atoms with Gasteiger partial charge >= 0.3 is 0 Å². The van der Waals surface area contributed by atoms with Crippen molar-refractivity contribution in [2.24, 2.45) is 0 Å². The van der Waals surface area contributed by atoms with Crippen molar-refractivity contribution in [1.82, 2.24) is 0 Å². The second-order valence-electron chi connectivity index (χ2n) is 4.95. The summed E-state index contributed by atoms with van der Waals surface area (Å²) in [6.45, 7) is 8.22. The van der Waals surface area contributed by atoms with Gasteiger partial charge in [0.05, 0.1) is 11.4 Å². The Labute approximate surface area is 115 Å². The van der Waals surface area contributed by atoms with Crippen molar-refractivity contribution >= 4 is 11.4 Å². The van der Waals surface area contributed by atoms with Gasteiger partial charge in [0.2, 0.25) is 0 Å². The lowest BCUT2D eigenvalue weighted by atomic mass is 10.1. The van der Waals surface area contributed by atoms with Crippen molar-refractivity contribution in [3.8, 4) is 0 Å². The molecular formula is C17H22N2. The number of benzene rings is 2. The van der Waals surface area contributed by atoms with Crippen LogP contribution in [0.25, 0.3) is 0 Å². The number of hydrogen-bond donors (Lipinski definition) is 1. The van der Waals surface area contributed by atoms with Crippen molar-refractivity contribution in [1.29, 1.82) is 0 Å². The Morgan fingerprint density at radius 2 is 1.63 bits per heavy atom. The van der Waals surface area contributed by atoms with Gasteiger partial charge in [0.25, 0.3) is 0 Å². The van der Waals surface area contributed by atoms with Gasteiger partial charge in [-0.1, -0.05) is 36.4 Å². The lowest BCUT2D eigenvalue weighted by Crippen LogP contribution is -2.23. The predicted molar refractivity (Wildman–Crippen MR) is 83.5 cm³/mol. The summed E-state index contributed by atoms with van der Waals surface area (Å²) in [6, 6.07) is 14.7. The molecule has 0 fully saturated rings. The molecule has 2 nitrogen and oxygen atoms in total. The van der Waals surface area contributed by atoms with Gasteiger partial charge in [-0.3, -0.25) is 0 Å². The van der Waals surface area contributed by atoms with Crippen LogP contribution in [0, 0.1) is 13.8 Å². The first kappa shape index (κ1) is 13.5. The molecule has 2 heteroatoms. The van der Waals surface area contributed by atoms with Gasteiger partial charge < -0.3 is 10.6 Å². The minimum absolute atomic E-state index is 0.887.